The second-order valence-electron chi connectivity index (χ2n) is 6.46. The van der Waals surface area contributed by atoms with Crippen molar-refractivity contribution in [1.29, 1.82) is 0 Å². The van der Waals surface area contributed by atoms with Crippen molar-refractivity contribution in [2.45, 2.75) is 51.6 Å². The van der Waals surface area contributed by atoms with Crippen LogP contribution in [0.1, 0.15) is 39.5 Å². The SMILES string of the molecule is CC(C)N1CCCCC1CCNc1ncc(F)c(N(C)C)n1. The van der Waals surface area contributed by atoms with Gasteiger partial charge < -0.3 is 10.2 Å². The monoisotopic (exact) mass is 309 g/mol. The number of rotatable bonds is 6. The summed E-state index contributed by atoms with van der Waals surface area (Å²) in [6.45, 7) is 6.53. The molecule has 1 aliphatic heterocycles. The van der Waals surface area contributed by atoms with Gasteiger partial charge in [-0.05, 0) is 39.7 Å². The van der Waals surface area contributed by atoms with Crippen LogP contribution < -0.4 is 10.2 Å². The largest absolute Gasteiger partial charge is 0.360 e. The second-order valence-corrected chi connectivity index (χ2v) is 6.46. The first-order chi connectivity index (χ1) is 10.5. The highest BCUT2D eigenvalue weighted by Gasteiger charge is 2.23. The van der Waals surface area contributed by atoms with Gasteiger partial charge >= 0.3 is 0 Å². The normalized spacial score (nSPS) is 19.5. The molecule has 0 aliphatic carbocycles. The van der Waals surface area contributed by atoms with E-state index in [1.54, 1.807) is 19.0 Å². The Morgan fingerprint density at radius 2 is 2.18 bits per heavy atom. The first-order valence-electron chi connectivity index (χ1n) is 8.18. The molecule has 1 unspecified atom stereocenters. The lowest BCUT2D eigenvalue weighted by molar-refractivity contribution is 0.108. The van der Waals surface area contributed by atoms with Crippen molar-refractivity contribution in [1.82, 2.24) is 14.9 Å². The fourth-order valence-corrected chi connectivity index (χ4v) is 3.12. The average molecular weight is 309 g/mol. The van der Waals surface area contributed by atoms with Crippen LogP contribution in [0.15, 0.2) is 6.20 Å². The zero-order valence-corrected chi connectivity index (χ0v) is 14.1. The first kappa shape index (κ1) is 16.9. The molecule has 1 aromatic rings. The van der Waals surface area contributed by atoms with Gasteiger partial charge in [0, 0.05) is 32.7 Å². The molecule has 1 atom stereocenters. The van der Waals surface area contributed by atoms with E-state index in [4.69, 9.17) is 0 Å². The summed E-state index contributed by atoms with van der Waals surface area (Å²) in [7, 11) is 3.55. The van der Waals surface area contributed by atoms with E-state index in [-0.39, 0.29) is 0 Å². The molecule has 0 radical (unpaired) electrons. The van der Waals surface area contributed by atoms with Gasteiger partial charge in [0.2, 0.25) is 5.95 Å². The summed E-state index contributed by atoms with van der Waals surface area (Å²) in [4.78, 5) is 12.5. The number of anilines is 2. The smallest absolute Gasteiger partial charge is 0.224 e. The Hall–Kier alpha value is -1.43. The molecular formula is C16H28FN5. The fourth-order valence-electron chi connectivity index (χ4n) is 3.12. The topological polar surface area (TPSA) is 44.3 Å². The van der Waals surface area contributed by atoms with Gasteiger partial charge in [0.1, 0.15) is 0 Å². The Bertz CT molecular complexity index is 478. The number of halogens is 1. The predicted octanol–water partition coefficient (Wildman–Crippen LogP) is 2.75. The first-order valence-corrected chi connectivity index (χ1v) is 8.18. The molecule has 2 heterocycles. The summed E-state index contributed by atoms with van der Waals surface area (Å²) in [5.41, 5.74) is 0. The lowest BCUT2D eigenvalue weighted by atomic mass is 9.98. The van der Waals surface area contributed by atoms with Crippen LogP contribution >= 0.6 is 0 Å². The van der Waals surface area contributed by atoms with Crippen molar-refractivity contribution in [3.05, 3.63) is 12.0 Å². The number of nitrogens with one attached hydrogen (secondary N) is 1. The average Bonchev–Trinajstić information content (AvgIpc) is 2.49. The second kappa shape index (κ2) is 7.72. The molecule has 5 nitrogen and oxygen atoms in total. The summed E-state index contributed by atoms with van der Waals surface area (Å²) in [5, 5.41) is 3.23. The molecule has 0 bridgehead atoms. The van der Waals surface area contributed by atoms with Crippen LogP contribution in [0.3, 0.4) is 0 Å². The minimum atomic E-state index is -0.395. The number of likely N-dealkylation sites (tertiary alicyclic amines) is 1. The number of nitrogens with zero attached hydrogens (tertiary/aromatic N) is 4. The van der Waals surface area contributed by atoms with Gasteiger partial charge in [-0.3, -0.25) is 4.90 Å². The summed E-state index contributed by atoms with van der Waals surface area (Å²) in [6.07, 6.45) is 6.16. The van der Waals surface area contributed by atoms with E-state index in [0.717, 1.165) is 13.0 Å². The highest BCUT2D eigenvalue weighted by molar-refractivity contribution is 5.42. The minimum absolute atomic E-state index is 0.318. The third-order valence-corrected chi connectivity index (χ3v) is 4.25. The van der Waals surface area contributed by atoms with Crippen molar-refractivity contribution in [3.8, 4) is 0 Å². The van der Waals surface area contributed by atoms with E-state index in [1.165, 1.54) is 32.0 Å². The van der Waals surface area contributed by atoms with E-state index in [9.17, 15) is 4.39 Å². The number of hydrogen-bond donors (Lipinski definition) is 1. The zero-order chi connectivity index (χ0) is 16.1. The lowest BCUT2D eigenvalue weighted by Crippen LogP contribution is -2.44. The predicted molar refractivity (Wildman–Crippen MR) is 88.9 cm³/mol. The van der Waals surface area contributed by atoms with Gasteiger partial charge in [0.15, 0.2) is 11.6 Å². The van der Waals surface area contributed by atoms with E-state index in [2.05, 4.69) is 34.0 Å². The van der Waals surface area contributed by atoms with Crippen molar-refractivity contribution < 1.29 is 4.39 Å². The third-order valence-electron chi connectivity index (χ3n) is 4.25. The van der Waals surface area contributed by atoms with Crippen molar-refractivity contribution in [2.24, 2.45) is 0 Å². The molecule has 0 amide bonds. The number of hydrogen-bond acceptors (Lipinski definition) is 5. The van der Waals surface area contributed by atoms with Gasteiger partial charge in [-0.2, -0.15) is 4.98 Å². The van der Waals surface area contributed by atoms with Crippen LogP contribution in [0.25, 0.3) is 0 Å². The summed E-state index contributed by atoms with van der Waals surface area (Å²) >= 11 is 0. The Morgan fingerprint density at radius 3 is 2.86 bits per heavy atom. The Kier molecular flexibility index (Phi) is 5.94. The highest BCUT2D eigenvalue weighted by Crippen LogP contribution is 2.22. The maximum atomic E-state index is 13.6. The van der Waals surface area contributed by atoms with Crippen LogP contribution in [0.2, 0.25) is 0 Å². The molecule has 22 heavy (non-hydrogen) atoms. The lowest BCUT2D eigenvalue weighted by Gasteiger charge is -2.38. The maximum Gasteiger partial charge on any atom is 0.224 e. The quantitative estimate of drug-likeness (QED) is 0.875. The molecule has 1 N–H and O–H groups in total. The summed E-state index contributed by atoms with van der Waals surface area (Å²) in [5.74, 6) is 0.421. The number of piperidine rings is 1. The highest BCUT2D eigenvalue weighted by atomic mass is 19.1. The molecule has 1 aromatic heterocycles. The molecule has 2 rings (SSSR count). The van der Waals surface area contributed by atoms with Gasteiger partial charge in [-0.1, -0.05) is 6.42 Å². The molecule has 1 saturated heterocycles. The fraction of sp³-hybridized carbons (Fsp3) is 0.750. The van der Waals surface area contributed by atoms with Crippen LogP contribution in [-0.2, 0) is 0 Å². The molecule has 0 aromatic carbocycles. The van der Waals surface area contributed by atoms with Crippen molar-refractivity contribution in [2.75, 3.05) is 37.4 Å². The number of aromatic nitrogens is 2. The molecule has 6 heteroatoms. The van der Waals surface area contributed by atoms with Gasteiger partial charge in [0.05, 0.1) is 6.20 Å². The minimum Gasteiger partial charge on any atom is -0.360 e. The molecule has 0 spiro atoms. The third kappa shape index (κ3) is 4.29. The van der Waals surface area contributed by atoms with Crippen LogP contribution in [-0.4, -0.2) is 54.1 Å². The van der Waals surface area contributed by atoms with E-state index < -0.39 is 5.82 Å². The Morgan fingerprint density at radius 1 is 1.41 bits per heavy atom. The standard InChI is InChI=1S/C16H28FN5/c1-12(2)22-10-6-5-7-13(22)8-9-18-16-19-11-14(17)15(20-16)21(3)4/h11-13H,5-10H2,1-4H3,(H,18,19,20). The van der Waals surface area contributed by atoms with Crippen molar-refractivity contribution in [3.63, 3.8) is 0 Å². The van der Waals surface area contributed by atoms with E-state index in [1.807, 2.05) is 0 Å². The van der Waals surface area contributed by atoms with E-state index >= 15 is 0 Å². The van der Waals surface area contributed by atoms with Crippen LogP contribution in [0, 0.1) is 5.82 Å². The van der Waals surface area contributed by atoms with Crippen LogP contribution in [0.5, 0.6) is 0 Å². The molecular weight excluding hydrogens is 281 g/mol. The van der Waals surface area contributed by atoms with Gasteiger partial charge in [-0.25, -0.2) is 9.37 Å². The van der Waals surface area contributed by atoms with E-state index in [0.29, 0.717) is 23.8 Å². The maximum absolute atomic E-state index is 13.6. The van der Waals surface area contributed by atoms with Crippen LogP contribution in [0.4, 0.5) is 16.2 Å². The summed E-state index contributed by atoms with van der Waals surface area (Å²) < 4.78 is 13.6. The molecule has 0 saturated carbocycles. The molecule has 1 fully saturated rings. The summed E-state index contributed by atoms with van der Waals surface area (Å²) in [6, 6.07) is 1.21. The van der Waals surface area contributed by atoms with Gasteiger partial charge in [-0.15, -0.1) is 0 Å². The molecule has 124 valence electrons. The van der Waals surface area contributed by atoms with Crippen molar-refractivity contribution >= 4 is 11.8 Å². The van der Waals surface area contributed by atoms with Gasteiger partial charge in [0.25, 0.3) is 0 Å². The Labute approximate surface area is 132 Å². The zero-order valence-electron chi connectivity index (χ0n) is 14.1. The molecule has 1 aliphatic rings. The Balaban J connectivity index is 1.89.